The van der Waals surface area contributed by atoms with Gasteiger partial charge in [-0.3, -0.25) is 0 Å². The molecule has 1 N–H and O–H groups in total. The topological polar surface area (TPSA) is 29.5 Å². The van der Waals surface area contributed by atoms with Gasteiger partial charge in [-0.05, 0) is 33.6 Å². The molecule has 0 saturated heterocycles. The van der Waals surface area contributed by atoms with Crippen LogP contribution in [0.15, 0.2) is 48.6 Å². The Kier molecular flexibility index (Phi) is 4.84. The molecule has 0 aromatic heterocycles. The summed E-state index contributed by atoms with van der Waals surface area (Å²) in [6.07, 6.45) is 18.7. The zero-order valence-electron chi connectivity index (χ0n) is 14.5. The predicted molar refractivity (Wildman–Crippen MR) is 92.6 cm³/mol. The van der Waals surface area contributed by atoms with E-state index < -0.39 is 5.60 Å². The Bertz CT molecular complexity index is 472. The van der Waals surface area contributed by atoms with Crippen molar-refractivity contribution in [2.75, 3.05) is 0 Å². The predicted octanol–water partition coefficient (Wildman–Crippen LogP) is 4.58. The fourth-order valence-electron chi connectivity index (χ4n) is 2.96. The van der Waals surface area contributed by atoms with Crippen LogP contribution in [0, 0.1) is 11.8 Å². The molecular formula is C20H30O2. The zero-order valence-corrected chi connectivity index (χ0v) is 14.5. The lowest BCUT2D eigenvalue weighted by molar-refractivity contribution is -0.0972. The molecule has 2 heteroatoms. The molecule has 2 nitrogen and oxygen atoms in total. The summed E-state index contributed by atoms with van der Waals surface area (Å²) in [5.74, 6) is 0.530. The Morgan fingerprint density at radius 2 is 1.32 bits per heavy atom. The minimum Gasteiger partial charge on any atom is -0.382 e. The van der Waals surface area contributed by atoms with Crippen molar-refractivity contribution in [1.82, 2.24) is 0 Å². The van der Waals surface area contributed by atoms with Gasteiger partial charge in [0.2, 0.25) is 0 Å². The summed E-state index contributed by atoms with van der Waals surface area (Å²) in [5, 5.41) is 10.1. The lowest BCUT2D eigenvalue weighted by Gasteiger charge is -2.36. The molecule has 0 heterocycles. The molecule has 2 unspecified atom stereocenters. The minimum absolute atomic E-state index is 0.106. The van der Waals surface area contributed by atoms with Gasteiger partial charge in [0.1, 0.15) is 5.60 Å². The number of hydrogen-bond acceptors (Lipinski definition) is 2. The molecule has 0 aromatic carbocycles. The molecule has 0 aromatic rings. The molecular weight excluding hydrogens is 272 g/mol. The lowest BCUT2D eigenvalue weighted by atomic mass is 9.93. The molecule has 0 fully saturated rings. The van der Waals surface area contributed by atoms with Gasteiger partial charge in [-0.1, -0.05) is 62.5 Å². The van der Waals surface area contributed by atoms with Gasteiger partial charge in [0, 0.05) is 11.8 Å². The van der Waals surface area contributed by atoms with Crippen LogP contribution in [-0.4, -0.2) is 21.9 Å². The first-order chi connectivity index (χ1) is 10.2. The normalized spacial score (nSPS) is 37.7. The highest BCUT2D eigenvalue weighted by Gasteiger charge is 2.32. The van der Waals surface area contributed by atoms with Crippen LogP contribution in [0.25, 0.3) is 0 Å². The average Bonchev–Trinajstić information content (AvgIpc) is 2.71. The van der Waals surface area contributed by atoms with Crippen molar-refractivity contribution in [2.24, 2.45) is 11.8 Å². The number of ether oxygens (including phenoxy) is 1. The van der Waals surface area contributed by atoms with Gasteiger partial charge in [0.05, 0.1) is 11.2 Å². The Morgan fingerprint density at radius 1 is 0.909 bits per heavy atom. The lowest BCUT2D eigenvalue weighted by Crippen LogP contribution is -2.37. The van der Waals surface area contributed by atoms with Crippen molar-refractivity contribution in [2.45, 2.75) is 64.3 Å². The summed E-state index contributed by atoms with van der Waals surface area (Å²) < 4.78 is 6.45. The second-order valence-corrected chi connectivity index (χ2v) is 7.26. The van der Waals surface area contributed by atoms with Crippen molar-refractivity contribution in [3.05, 3.63) is 48.6 Å². The summed E-state index contributed by atoms with van der Waals surface area (Å²) >= 11 is 0. The van der Waals surface area contributed by atoms with E-state index >= 15 is 0 Å². The van der Waals surface area contributed by atoms with Gasteiger partial charge in [-0.25, -0.2) is 0 Å². The van der Waals surface area contributed by atoms with Crippen molar-refractivity contribution < 1.29 is 9.84 Å². The third-order valence-corrected chi connectivity index (χ3v) is 5.02. The van der Waals surface area contributed by atoms with Gasteiger partial charge >= 0.3 is 0 Å². The maximum absolute atomic E-state index is 10.1. The Labute approximate surface area is 135 Å². The van der Waals surface area contributed by atoms with E-state index in [0.717, 1.165) is 12.8 Å². The number of aliphatic hydroxyl groups is 1. The number of rotatable bonds is 4. The second-order valence-electron chi connectivity index (χ2n) is 7.26. The van der Waals surface area contributed by atoms with E-state index in [1.54, 1.807) is 6.92 Å². The van der Waals surface area contributed by atoms with Gasteiger partial charge in [0.25, 0.3) is 0 Å². The van der Waals surface area contributed by atoms with Crippen LogP contribution in [0.2, 0.25) is 0 Å². The molecule has 0 radical (unpaired) electrons. The molecule has 22 heavy (non-hydrogen) atoms. The Balaban J connectivity index is 2.25. The molecule has 0 aliphatic heterocycles. The van der Waals surface area contributed by atoms with Crippen LogP contribution in [0.1, 0.15) is 47.5 Å². The number of fused-ring (bicyclic) bond motifs is 1. The van der Waals surface area contributed by atoms with E-state index in [-0.39, 0.29) is 23.0 Å². The van der Waals surface area contributed by atoms with Crippen molar-refractivity contribution in [3.8, 4) is 0 Å². The highest BCUT2D eigenvalue weighted by molar-refractivity contribution is 5.29. The van der Waals surface area contributed by atoms with E-state index in [0.29, 0.717) is 0 Å². The first-order valence-electron chi connectivity index (χ1n) is 8.41. The molecule has 0 amide bonds. The summed E-state index contributed by atoms with van der Waals surface area (Å²) in [7, 11) is 0. The van der Waals surface area contributed by atoms with Crippen LogP contribution in [0.4, 0.5) is 0 Å². The van der Waals surface area contributed by atoms with Crippen molar-refractivity contribution in [3.63, 3.8) is 0 Å². The highest BCUT2D eigenvalue weighted by Crippen LogP contribution is 2.34. The molecule has 2 aliphatic rings. The summed E-state index contributed by atoms with van der Waals surface area (Å²) in [6, 6.07) is 0. The van der Waals surface area contributed by atoms with E-state index in [1.165, 1.54) is 0 Å². The fraction of sp³-hybridized carbons (Fsp3) is 0.600. The van der Waals surface area contributed by atoms with Crippen LogP contribution >= 0.6 is 0 Å². The molecule has 0 saturated carbocycles. The van der Waals surface area contributed by atoms with E-state index in [4.69, 9.17) is 4.74 Å². The van der Waals surface area contributed by atoms with Crippen molar-refractivity contribution in [1.29, 1.82) is 0 Å². The molecule has 2 aliphatic carbocycles. The van der Waals surface area contributed by atoms with Crippen LogP contribution < -0.4 is 0 Å². The molecule has 122 valence electrons. The first kappa shape index (κ1) is 17.2. The van der Waals surface area contributed by atoms with E-state index in [2.05, 4.69) is 64.2 Å². The van der Waals surface area contributed by atoms with Gasteiger partial charge in [-0.2, -0.15) is 0 Å². The monoisotopic (exact) mass is 302 g/mol. The third kappa shape index (κ3) is 3.99. The smallest absolute Gasteiger partial charge is 0.102 e. The zero-order chi connectivity index (χ0) is 16.4. The van der Waals surface area contributed by atoms with Crippen LogP contribution in [-0.2, 0) is 4.74 Å². The average molecular weight is 302 g/mol. The summed E-state index contributed by atoms with van der Waals surface area (Å²) in [6.45, 7) is 10.5. The van der Waals surface area contributed by atoms with E-state index in [1.807, 2.05) is 12.2 Å². The fourth-order valence-corrected chi connectivity index (χ4v) is 2.96. The highest BCUT2D eigenvalue weighted by atomic mass is 16.5. The van der Waals surface area contributed by atoms with Crippen molar-refractivity contribution >= 4 is 0 Å². The SMILES string of the molecule is CCC(C)(CC)OC1(C)C=CC2C=CC(C)(O)C=CC2C=C1. The molecule has 2 atom stereocenters. The Hall–Kier alpha value is -1.12. The van der Waals surface area contributed by atoms with Crippen LogP contribution in [0.5, 0.6) is 0 Å². The van der Waals surface area contributed by atoms with Gasteiger partial charge in [0.15, 0.2) is 0 Å². The second kappa shape index (κ2) is 6.17. The molecule has 0 bridgehead atoms. The number of allylic oxidation sites excluding steroid dienone is 4. The summed E-state index contributed by atoms with van der Waals surface area (Å²) in [4.78, 5) is 0. The summed E-state index contributed by atoms with van der Waals surface area (Å²) in [5.41, 5.74) is -1.33. The number of hydrogen-bond donors (Lipinski definition) is 1. The quantitative estimate of drug-likeness (QED) is 0.770. The van der Waals surface area contributed by atoms with Gasteiger partial charge in [-0.15, -0.1) is 0 Å². The maximum Gasteiger partial charge on any atom is 0.102 e. The largest absolute Gasteiger partial charge is 0.382 e. The van der Waals surface area contributed by atoms with E-state index in [9.17, 15) is 5.11 Å². The maximum atomic E-state index is 10.1. The van der Waals surface area contributed by atoms with Crippen LogP contribution in [0.3, 0.4) is 0 Å². The Morgan fingerprint density at radius 3 is 1.73 bits per heavy atom. The minimum atomic E-state index is -0.851. The molecule has 0 spiro atoms. The standard InChI is InChI=1S/C20H30O2/c1-6-19(4,7-2)22-20(5)14-10-16-8-12-18(3,21)13-9-17(16)11-15-20/h8-17,21H,6-7H2,1-5H3. The first-order valence-corrected chi connectivity index (χ1v) is 8.41. The molecule has 2 rings (SSSR count). The third-order valence-electron chi connectivity index (χ3n) is 5.02. The van der Waals surface area contributed by atoms with Gasteiger partial charge < -0.3 is 9.84 Å².